The number of alkyl halides is 2. The van der Waals surface area contributed by atoms with Gasteiger partial charge in [0.05, 0.1) is 0 Å². The fourth-order valence-corrected chi connectivity index (χ4v) is 1.86. The van der Waals surface area contributed by atoms with Crippen molar-refractivity contribution in [2.45, 2.75) is 24.6 Å². The van der Waals surface area contributed by atoms with Crippen LogP contribution in [0.2, 0.25) is 0 Å². The monoisotopic (exact) mass is 269 g/mol. The molecule has 0 aliphatic heterocycles. The quantitative estimate of drug-likeness (QED) is 0.748. The van der Waals surface area contributed by atoms with E-state index in [4.69, 9.17) is 27.7 Å². The first-order valence-corrected chi connectivity index (χ1v) is 6.42. The van der Waals surface area contributed by atoms with Gasteiger partial charge < -0.3 is 4.52 Å². The number of rotatable bonds is 4. The van der Waals surface area contributed by atoms with E-state index in [9.17, 15) is 0 Å². The highest BCUT2D eigenvalue weighted by atomic mass is 35.5. The Labute approximate surface area is 111 Å². The predicted octanol–water partition coefficient (Wildman–Crippen LogP) is 4.77. The standard InChI is InChI=1S/C13H13Cl2NO/c1-2-3-9-4-6-10(7-5-9)12-8-11(13(14)15)16-17-12/h4-8,13H,2-3H2,1H3. The molecule has 2 rings (SSSR count). The van der Waals surface area contributed by atoms with Crippen LogP contribution in [0.15, 0.2) is 34.9 Å². The van der Waals surface area contributed by atoms with Crippen molar-refractivity contribution < 1.29 is 4.52 Å². The first kappa shape index (κ1) is 12.5. The van der Waals surface area contributed by atoms with Gasteiger partial charge in [-0.3, -0.25) is 0 Å². The first-order valence-electron chi connectivity index (χ1n) is 5.54. The molecule has 0 spiro atoms. The molecule has 1 aromatic heterocycles. The molecule has 0 aliphatic carbocycles. The molecule has 2 aromatic rings. The Bertz CT molecular complexity index is 476. The molecule has 2 nitrogen and oxygen atoms in total. The second-order valence-electron chi connectivity index (χ2n) is 3.86. The van der Waals surface area contributed by atoms with E-state index in [-0.39, 0.29) is 0 Å². The molecule has 0 saturated heterocycles. The predicted molar refractivity (Wildman–Crippen MR) is 70.4 cm³/mol. The molecule has 0 atom stereocenters. The van der Waals surface area contributed by atoms with Crippen LogP contribution in [0.3, 0.4) is 0 Å². The molecule has 0 aliphatic rings. The molecule has 0 bridgehead atoms. The van der Waals surface area contributed by atoms with Crippen molar-refractivity contribution in [3.05, 3.63) is 41.6 Å². The van der Waals surface area contributed by atoms with E-state index in [0.717, 1.165) is 18.4 Å². The van der Waals surface area contributed by atoms with Crippen LogP contribution in [0, 0.1) is 0 Å². The number of hydrogen-bond donors (Lipinski definition) is 0. The van der Waals surface area contributed by atoms with Gasteiger partial charge in [0.15, 0.2) is 10.6 Å². The van der Waals surface area contributed by atoms with Crippen LogP contribution >= 0.6 is 23.2 Å². The zero-order chi connectivity index (χ0) is 12.3. The van der Waals surface area contributed by atoms with Gasteiger partial charge >= 0.3 is 0 Å². The summed E-state index contributed by atoms with van der Waals surface area (Å²) in [7, 11) is 0. The SMILES string of the molecule is CCCc1ccc(-c2cc(C(Cl)Cl)no2)cc1. The van der Waals surface area contributed by atoms with Gasteiger partial charge in [0.2, 0.25) is 0 Å². The Morgan fingerprint density at radius 2 is 1.94 bits per heavy atom. The highest BCUT2D eigenvalue weighted by Gasteiger charge is 2.11. The summed E-state index contributed by atoms with van der Waals surface area (Å²) in [4.78, 5) is -0.646. The van der Waals surface area contributed by atoms with Crippen molar-refractivity contribution in [2.75, 3.05) is 0 Å². The van der Waals surface area contributed by atoms with Gasteiger partial charge in [0.1, 0.15) is 5.69 Å². The van der Waals surface area contributed by atoms with Crippen molar-refractivity contribution in [1.82, 2.24) is 5.16 Å². The Kier molecular flexibility index (Phi) is 4.08. The Hall–Kier alpha value is -0.990. The lowest BCUT2D eigenvalue weighted by atomic mass is 10.1. The van der Waals surface area contributed by atoms with Crippen molar-refractivity contribution in [3.63, 3.8) is 0 Å². The molecule has 0 N–H and O–H groups in total. The van der Waals surface area contributed by atoms with Crippen molar-refractivity contribution in [1.29, 1.82) is 0 Å². The molecule has 0 saturated carbocycles. The van der Waals surface area contributed by atoms with Crippen LogP contribution in [-0.4, -0.2) is 5.16 Å². The molecule has 1 heterocycles. The summed E-state index contributed by atoms with van der Waals surface area (Å²) in [6.45, 7) is 2.16. The summed E-state index contributed by atoms with van der Waals surface area (Å²) >= 11 is 11.4. The lowest BCUT2D eigenvalue weighted by Crippen LogP contribution is -1.82. The summed E-state index contributed by atoms with van der Waals surface area (Å²) in [5.41, 5.74) is 2.85. The van der Waals surface area contributed by atoms with Crippen LogP contribution < -0.4 is 0 Å². The molecule has 0 amide bonds. The first-order chi connectivity index (χ1) is 8.20. The molecule has 1 aromatic carbocycles. The Balaban J connectivity index is 2.21. The molecular weight excluding hydrogens is 257 g/mol. The van der Waals surface area contributed by atoms with Crippen LogP contribution in [-0.2, 0) is 6.42 Å². The summed E-state index contributed by atoms with van der Waals surface area (Å²) in [5, 5.41) is 3.81. The topological polar surface area (TPSA) is 26.0 Å². The normalized spacial score (nSPS) is 11.1. The van der Waals surface area contributed by atoms with Crippen molar-refractivity contribution >= 4 is 23.2 Å². The average Bonchev–Trinajstić information content (AvgIpc) is 2.80. The van der Waals surface area contributed by atoms with Gasteiger partial charge in [0, 0.05) is 11.6 Å². The van der Waals surface area contributed by atoms with Gasteiger partial charge in [-0.15, -0.1) is 0 Å². The lowest BCUT2D eigenvalue weighted by Gasteiger charge is -1.99. The maximum Gasteiger partial charge on any atom is 0.167 e. The van der Waals surface area contributed by atoms with Gasteiger partial charge in [-0.2, -0.15) is 0 Å². The molecule has 0 radical (unpaired) electrons. The van der Waals surface area contributed by atoms with Crippen LogP contribution in [0.25, 0.3) is 11.3 Å². The van der Waals surface area contributed by atoms with Crippen LogP contribution in [0.1, 0.15) is 29.4 Å². The number of benzene rings is 1. The number of hydrogen-bond acceptors (Lipinski definition) is 2. The summed E-state index contributed by atoms with van der Waals surface area (Å²) in [6.07, 6.45) is 2.24. The van der Waals surface area contributed by atoms with E-state index in [1.165, 1.54) is 5.56 Å². The second kappa shape index (κ2) is 5.56. The van der Waals surface area contributed by atoms with Gasteiger partial charge in [-0.1, -0.05) is 66.0 Å². The summed E-state index contributed by atoms with van der Waals surface area (Å²) in [5.74, 6) is 0.689. The summed E-state index contributed by atoms with van der Waals surface area (Å²) < 4.78 is 5.19. The van der Waals surface area contributed by atoms with E-state index in [1.54, 1.807) is 6.07 Å². The van der Waals surface area contributed by atoms with E-state index in [2.05, 4.69) is 24.2 Å². The highest BCUT2D eigenvalue weighted by Crippen LogP contribution is 2.28. The lowest BCUT2D eigenvalue weighted by molar-refractivity contribution is 0.426. The van der Waals surface area contributed by atoms with E-state index in [0.29, 0.717) is 11.5 Å². The highest BCUT2D eigenvalue weighted by molar-refractivity contribution is 6.43. The van der Waals surface area contributed by atoms with E-state index in [1.807, 2.05) is 12.1 Å². The van der Waals surface area contributed by atoms with E-state index < -0.39 is 4.84 Å². The molecule has 17 heavy (non-hydrogen) atoms. The van der Waals surface area contributed by atoms with Crippen molar-refractivity contribution in [2.24, 2.45) is 0 Å². The van der Waals surface area contributed by atoms with Crippen molar-refractivity contribution in [3.8, 4) is 11.3 Å². The fraction of sp³-hybridized carbons (Fsp3) is 0.308. The zero-order valence-electron chi connectivity index (χ0n) is 9.49. The maximum absolute atomic E-state index is 5.71. The fourth-order valence-electron chi connectivity index (χ4n) is 1.65. The Morgan fingerprint density at radius 1 is 1.24 bits per heavy atom. The minimum Gasteiger partial charge on any atom is -0.356 e. The number of nitrogens with zero attached hydrogens (tertiary/aromatic N) is 1. The Morgan fingerprint density at radius 3 is 2.47 bits per heavy atom. The van der Waals surface area contributed by atoms with Crippen LogP contribution in [0.5, 0.6) is 0 Å². The minimum atomic E-state index is -0.646. The number of aryl methyl sites for hydroxylation is 1. The molecule has 0 fully saturated rings. The minimum absolute atomic E-state index is 0.543. The van der Waals surface area contributed by atoms with Gasteiger partial charge in [0.25, 0.3) is 0 Å². The third-order valence-electron chi connectivity index (χ3n) is 2.53. The molecule has 90 valence electrons. The molecule has 4 heteroatoms. The summed E-state index contributed by atoms with van der Waals surface area (Å²) in [6, 6.07) is 10.00. The smallest absolute Gasteiger partial charge is 0.167 e. The number of halogens is 2. The van der Waals surface area contributed by atoms with E-state index >= 15 is 0 Å². The van der Waals surface area contributed by atoms with Gasteiger partial charge in [-0.25, -0.2) is 0 Å². The molecular formula is C13H13Cl2NO. The average molecular weight is 270 g/mol. The molecule has 0 unspecified atom stereocenters. The zero-order valence-corrected chi connectivity index (χ0v) is 11.0. The van der Waals surface area contributed by atoms with Crippen LogP contribution in [0.4, 0.5) is 0 Å². The maximum atomic E-state index is 5.71. The third kappa shape index (κ3) is 3.02. The third-order valence-corrected chi connectivity index (χ3v) is 2.98. The second-order valence-corrected chi connectivity index (χ2v) is 4.96. The number of aromatic nitrogens is 1. The largest absolute Gasteiger partial charge is 0.356 e. The van der Waals surface area contributed by atoms with Gasteiger partial charge in [-0.05, 0) is 12.0 Å².